The molecule has 0 fully saturated rings. The first-order valence-corrected chi connectivity index (χ1v) is 5.96. The lowest BCUT2D eigenvalue weighted by Gasteiger charge is -1.86. The molecule has 0 bridgehead atoms. The van der Waals surface area contributed by atoms with Crippen molar-refractivity contribution in [2.75, 3.05) is 6.61 Å². The Morgan fingerprint density at radius 2 is 1.70 bits per heavy atom. The van der Waals surface area contributed by atoms with Crippen LogP contribution in [-0.2, 0) is 4.74 Å². The first kappa shape index (κ1) is 25.3. The van der Waals surface area contributed by atoms with Gasteiger partial charge in [-0.1, -0.05) is 6.07 Å². The van der Waals surface area contributed by atoms with Gasteiger partial charge >= 0.3 is 11.5 Å². The van der Waals surface area contributed by atoms with Crippen molar-refractivity contribution in [3.05, 3.63) is 35.9 Å². The Kier molecular flexibility index (Phi) is 19.1. The third-order valence-electron chi connectivity index (χ3n) is 1.17. The van der Waals surface area contributed by atoms with Gasteiger partial charge in [0, 0.05) is 17.7 Å². The molecule has 0 aliphatic heterocycles. The van der Waals surface area contributed by atoms with Gasteiger partial charge in [-0.3, -0.25) is 10.8 Å². The van der Waals surface area contributed by atoms with Crippen molar-refractivity contribution in [3.8, 4) is 0 Å². The normalized spacial score (nSPS) is 7.70. The van der Waals surface area contributed by atoms with E-state index in [1.807, 2.05) is 0 Å². The number of nitrogens with two attached hydrogens (primary N) is 3. The van der Waals surface area contributed by atoms with Gasteiger partial charge in [-0.15, -0.1) is 0 Å². The van der Waals surface area contributed by atoms with E-state index in [2.05, 4.69) is 22.0 Å². The van der Waals surface area contributed by atoms with Gasteiger partial charge in [0.15, 0.2) is 5.96 Å². The maximum absolute atomic E-state index is 11.9. The summed E-state index contributed by atoms with van der Waals surface area (Å²) in [5.74, 6) is 2.91. The number of hydrogen-bond donors (Lipinski definition) is 6. The number of hydrogen-bond acceptors (Lipinski definition) is 5. The van der Waals surface area contributed by atoms with E-state index < -0.39 is 23.2 Å². The molecule has 0 aromatic heterocycles. The molecule has 0 aliphatic carbocycles. The number of benzene rings is 1. The van der Waals surface area contributed by atoms with Crippen LogP contribution >= 0.6 is 11.6 Å². The van der Waals surface area contributed by atoms with Crippen molar-refractivity contribution < 1.29 is 28.2 Å². The molecule has 0 radical (unpaired) electrons. The Bertz CT molecular complexity index is 458. The molecular weight excluding hydrogens is 340 g/mol. The zero-order valence-electron chi connectivity index (χ0n) is 12.1. The zero-order chi connectivity index (χ0) is 18.8. The second-order valence-electron chi connectivity index (χ2n) is 3.02. The van der Waals surface area contributed by atoms with Crippen LogP contribution in [0.4, 0.5) is 18.4 Å². The summed E-state index contributed by atoms with van der Waals surface area (Å²) in [6.45, 7) is 2.04. The third kappa shape index (κ3) is 38.2. The molecule has 0 unspecified atom stereocenters. The van der Waals surface area contributed by atoms with Crippen LogP contribution in [-0.4, -0.2) is 29.2 Å². The van der Waals surface area contributed by atoms with E-state index in [1.165, 1.54) is 23.6 Å². The van der Waals surface area contributed by atoms with E-state index >= 15 is 0 Å². The maximum atomic E-state index is 11.9. The first-order chi connectivity index (χ1) is 10.6. The summed E-state index contributed by atoms with van der Waals surface area (Å²) in [7, 11) is 0. The van der Waals surface area contributed by atoms with E-state index in [0.29, 0.717) is 6.61 Å². The summed E-state index contributed by atoms with van der Waals surface area (Å²) in [4.78, 5) is 18.7. The average Bonchev–Trinajstić information content (AvgIpc) is 2.38. The molecule has 23 heavy (non-hydrogen) atoms. The summed E-state index contributed by atoms with van der Waals surface area (Å²) < 4.78 is 28.0. The molecule has 9 nitrogen and oxygen atoms in total. The van der Waals surface area contributed by atoms with Crippen molar-refractivity contribution in [3.63, 3.8) is 0 Å². The summed E-state index contributed by atoms with van der Waals surface area (Å²) in [6.07, 6.45) is -1.22. The number of carboxylic acid groups (broad SMARTS) is 1. The number of guanidine groups is 1. The Morgan fingerprint density at radius 3 is 1.78 bits per heavy atom. The molecule has 0 aliphatic rings. The Hall–Kier alpha value is -2.66. The molecule has 1 aromatic carbocycles. The molecule has 9 N–H and O–H groups in total. The topological polar surface area (TPSA) is 178 Å². The molecule has 1 amide bonds. The Balaban J connectivity index is -0.000000242. The van der Waals surface area contributed by atoms with Gasteiger partial charge in [0.25, 0.3) is 0 Å². The third-order valence-corrected chi connectivity index (χ3v) is 1.28. The number of amides is 1. The predicted molar refractivity (Wildman–Crippen MR) is 80.7 cm³/mol. The second kappa shape index (κ2) is 17.4. The lowest BCUT2D eigenvalue weighted by Crippen LogP contribution is -2.27. The molecule has 0 saturated heterocycles. The van der Waals surface area contributed by atoms with Crippen LogP contribution in [0.5, 0.6) is 0 Å². The van der Waals surface area contributed by atoms with E-state index in [1.54, 1.807) is 6.92 Å². The quantitative estimate of drug-likeness (QED) is 0.109. The van der Waals surface area contributed by atoms with Crippen LogP contribution in [0.3, 0.4) is 0 Å². The smallest absolute Gasteiger partial charge is 0.418 e. The summed E-state index contributed by atoms with van der Waals surface area (Å²) in [6, 6.07) is 4.55. The predicted octanol–water partition coefficient (Wildman–Crippen LogP) is 1.31. The average molecular weight is 358 g/mol. The largest absolute Gasteiger partial charge is 0.464 e. The van der Waals surface area contributed by atoms with E-state index in [-0.39, 0.29) is 5.96 Å². The zero-order valence-corrected chi connectivity index (χ0v) is 12.8. The van der Waals surface area contributed by atoms with Gasteiger partial charge in [0.05, 0.1) is 6.61 Å². The molecule has 1 rings (SSSR count). The highest BCUT2D eigenvalue weighted by molar-refractivity contribution is 6.61. The van der Waals surface area contributed by atoms with Gasteiger partial charge in [-0.25, -0.2) is 24.2 Å². The van der Waals surface area contributed by atoms with E-state index in [0.717, 1.165) is 6.07 Å². The number of carbonyl (C=O) groups excluding carboxylic acids is 1. The van der Waals surface area contributed by atoms with E-state index in [9.17, 15) is 13.6 Å². The van der Waals surface area contributed by atoms with Gasteiger partial charge in [-0.2, -0.15) is 0 Å². The van der Waals surface area contributed by atoms with Gasteiger partial charge in [0.1, 0.15) is 11.6 Å². The standard InChI is InChI=1S/C6H4F2.C3H5ClO2.CH5N3.CH4N2O2/c7-5-2-1-3-6(8)4-5;1-2-6-3(4)5;2-1(3)4;2-3-1(4)5/h1-4H;2H2,1H3;(H5,2,3,4);3H,2H2,(H,4,5). The molecule has 0 saturated carbocycles. The second-order valence-corrected chi connectivity index (χ2v) is 3.32. The van der Waals surface area contributed by atoms with Crippen LogP contribution in [0.15, 0.2) is 24.3 Å². The fourth-order valence-corrected chi connectivity index (χ4v) is 0.683. The minimum atomic E-state index is -1.22. The fraction of sp³-hybridized carbons (Fsp3) is 0.182. The lowest BCUT2D eigenvalue weighted by molar-refractivity contribution is 0.180. The monoisotopic (exact) mass is 357 g/mol. The molecule has 12 heteroatoms. The molecule has 0 heterocycles. The van der Waals surface area contributed by atoms with Crippen LogP contribution in [0.1, 0.15) is 6.92 Å². The lowest BCUT2D eigenvalue weighted by atomic mass is 10.3. The summed E-state index contributed by atoms with van der Waals surface area (Å²) >= 11 is 4.72. The van der Waals surface area contributed by atoms with Gasteiger partial charge in [-0.05, 0) is 19.1 Å². The number of rotatable bonds is 1. The number of ether oxygens (including phenoxy) is 1. The molecular formula is C11H18ClF2N5O4. The van der Waals surface area contributed by atoms with Crippen molar-refractivity contribution in [2.45, 2.75) is 6.92 Å². The van der Waals surface area contributed by atoms with Crippen LogP contribution in [0.25, 0.3) is 0 Å². The van der Waals surface area contributed by atoms with Crippen molar-refractivity contribution in [1.29, 1.82) is 5.41 Å². The fourth-order valence-electron chi connectivity index (χ4n) is 0.573. The Morgan fingerprint density at radius 1 is 1.35 bits per heavy atom. The van der Waals surface area contributed by atoms with Gasteiger partial charge in [0.2, 0.25) is 0 Å². The number of nitrogens with one attached hydrogen (secondary N) is 2. The van der Waals surface area contributed by atoms with Crippen LogP contribution in [0.2, 0.25) is 0 Å². The number of carbonyl (C=O) groups is 2. The summed E-state index contributed by atoms with van der Waals surface area (Å²) in [5.41, 5.74) is 9.65. The van der Waals surface area contributed by atoms with Crippen LogP contribution < -0.4 is 22.7 Å². The SMILES string of the molecule is CCOC(=O)Cl.Fc1cccc(F)c1.N=C(N)N.NNC(=O)O. The van der Waals surface area contributed by atoms with Crippen LogP contribution in [0, 0.1) is 17.0 Å². The van der Waals surface area contributed by atoms with Crippen molar-refractivity contribution in [1.82, 2.24) is 5.43 Å². The van der Waals surface area contributed by atoms with Crippen molar-refractivity contribution in [2.24, 2.45) is 17.3 Å². The highest BCUT2D eigenvalue weighted by atomic mass is 35.5. The molecule has 1 aromatic rings. The minimum absolute atomic E-state index is 0.333. The maximum Gasteiger partial charge on any atom is 0.418 e. The molecule has 132 valence electrons. The highest BCUT2D eigenvalue weighted by Gasteiger charge is 1.88. The highest BCUT2D eigenvalue weighted by Crippen LogP contribution is 1.99. The number of hydrazine groups is 1. The first-order valence-electron chi connectivity index (χ1n) is 5.59. The summed E-state index contributed by atoms with van der Waals surface area (Å²) in [5, 5.41) is 13.5. The van der Waals surface area contributed by atoms with E-state index in [4.69, 9.17) is 26.9 Å². The molecule has 0 atom stereocenters. The molecule has 0 spiro atoms. The number of halogens is 3. The van der Waals surface area contributed by atoms with Gasteiger partial charge < -0.3 is 21.3 Å². The van der Waals surface area contributed by atoms with Crippen molar-refractivity contribution >= 4 is 29.1 Å². The Labute approximate surface area is 135 Å². The minimum Gasteiger partial charge on any atom is -0.464 e.